The summed E-state index contributed by atoms with van der Waals surface area (Å²) in [5.74, 6) is 0.753. The number of sulfonamides is 1. The Morgan fingerprint density at radius 2 is 2.29 bits per heavy atom. The summed E-state index contributed by atoms with van der Waals surface area (Å²) in [5.41, 5.74) is 0. The van der Waals surface area contributed by atoms with Gasteiger partial charge in [0.25, 0.3) is 10.0 Å². The third-order valence-corrected chi connectivity index (χ3v) is 4.00. The number of hydrogen-bond acceptors (Lipinski definition) is 3. The highest BCUT2D eigenvalue weighted by atomic mass is 35.5. The molecule has 0 aromatic carbocycles. The monoisotopic (exact) mass is 279 g/mol. The molecule has 1 rings (SSSR count). The predicted molar refractivity (Wildman–Crippen MR) is 67.6 cm³/mol. The summed E-state index contributed by atoms with van der Waals surface area (Å²) in [5, 5.41) is 0.0671. The third kappa shape index (κ3) is 4.29. The van der Waals surface area contributed by atoms with Crippen molar-refractivity contribution in [2.75, 3.05) is 12.4 Å². The van der Waals surface area contributed by atoms with Crippen molar-refractivity contribution in [2.45, 2.75) is 31.8 Å². The van der Waals surface area contributed by atoms with Crippen LogP contribution in [0.25, 0.3) is 0 Å². The van der Waals surface area contributed by atoms with Crippen LogP contribution in [0.1, 0.15) is 20.3 Å². The highest BCUT2D eigenvalue weighted by molar-refractivity contribution is 7.89. The van der Waals surface area contributed by atoms with Crippen LogP contribution < -0.4 is 4.72 Å². The predicted octanol–water partition coefficient (Wildman–Crippen LogP) is 1.45. The topological polar surface area (TPSA) is 64.0 Å². The second-order valence-corrected chi connectivity index (χ2v) is 6.07. The molecule has 1 aromatic heterocycles. The van der Waals surface area contributed by atoms with Crippen molar-refractivity contribution in [3.05, 3.63) is 12.5 Å². The standard InChI is InChI=1S/C10H18ClN3O2S/c1-3-14-7-10(12-8-14)17(15,16)13-6-9(2)4-5-11/h7-9,13H,3-6H2,1-2H3. The van der Waals surface area contributed by atoms with E-state index in [4.69, 9.17) is 11.6 Å². The lowest BCUT2D eigenvalue weighted by atomic mass is 10.1. The zero-order chi connectivity index (χ0) is 12.9. The molecule has 1 N–H and O–H groups in total. The maximum atomic E-state index is 11.9. The maximum Gasteiger partial charge on any atom is 0.259 e. The van der Waals surface area contributed by atoms with Gasteiger partial charge < -0.3 is 4.57 Å². The molecule has 17 heavy (non-hydrogen) atoms. The highest BCUT2D eigenvalue weighted by Gasteiger charge is 2.17. The molecular weight excluding hydrogens is 262 g/mol. The molecule has 0 amide bonds. The summed E-state index contributed by atoms with van der Waals surface area (Å²) in [6.45, 7) is 4.96. The Balaban J connectivity index is 2.62. The number of hydrogen-bond donors (Lipinski definition) is 1. The molecule has 98 valence electrons. The van der Waals surface area contributed by atoms with Crippen LogP contribution in [0, 0.1) is 5.92 Å². The zero-order valence-electron chi connectivity index (χ0n) is 10.1. The van der Waals surface area contributed by atoms with Crippen molar-refractivity contribution < 1.29 is 8.42 Å². The van der Waals surface area contributed by atoms with E-state index in [0.29, 0.717) is 19.0 Å². The molecule has 1 aromatic rings. The van der Waals surface area contributed by atoms with Gasteiger partial charge in [0.2, 0.25) is 0 Å². The summed E-state index contributed by atoms with van der Waals surface area (Å²) in [6.07, 6.45) is 3.82. The van der Waals surface area contributed by atoms with Gasteiger partial charge in [0.15, 0.2) is 5.03 Å². The Labute approximate surface area is 107 Å². The molecule has 0 spiro atoms. The van der Waals surface area contributed by atoms with Crippen molar-refractivity contribution >= 4 is 21.6 Å². The zero-order valence-corrected chi connectivity index (χ0v) is 11.6. The fourth-order valence-corrected chi connectivity index (χ4v) is 2.75. The third-order valence-electron chi connectivity index (χ3n) is 2.47. The van der Waals surface area contributed by atoms with Crippen molar-refractivity contribution in [1.29, 1.82) is 0 Å². The molecule has 0 radical (unpaired) electrons. The maximum absolute atomic E-state index is 11.9. The Morgan fingerprint density at radius 3 is 2.82 bits per heavy atom. The number of halogens is 1. The van der Waals surface area contributed by atoms with Crippen LogP contribution in [-0.2, 0) is 16.6 Å². The molecule has 0 aliphatic carbocycles. The summed E-state index contributed by atoms with van der Waals surface area (Å²) in [7, 11) is -3.49. The van der Waals surface area contributed by atoms with Gasteiger partial charge in [-0.15, -0.1) is 11.6 Å². The molecule has 0 saturated carbocycles. The first-order valence-corrected chi connectivity index (χ1v) is 7.58. The molecule has 0 saturated heterocycles. The van der Waals surface area contributed by atoms with Crippen LogP contribution in [0.5, 0.6) is 0 Å². The summed E-state index contributed by atoms with van der Waals surface area (Å²) in [6, 6.07) is 0. The number of alkyl halides is 1. The molecule has 5 nitrogen and oxygen atoms in total. The minimum absolute atomic E-state index is 0.0671. The lowest BCUT2D eigenvalue weighted by molar-refractivity contribution is 0.528. The van der Waals surface area contributed by atoms with Gasteiger partial charge in [0, 0.05) is 25.2 Å². The van der Waals surface area contributed by atoms with Crippen molar-refractivity contribution in [3.8, 4) is 0 Å². The molecule has 1 heterocycles. The van der Waals surface area contributed by atoms with Crippen molar-refractivity contribution in [3.63, 3.8) is 0 Å². The Hall–Kier alpha value is -0.590. The van der Waals surface area contributed by atoms with Gasteiger partial charge in [0.1, 0.15) is 0 Å². The van der Waals surface area contributed by atoms with Crippen LogP contribution >= 0.6 is 11.6 Å². The Morgan fingerprint density at radius 1 is 1.59 bits per heavy atom. The van der Waals surface area contributed by atoms with Gasteiger partial charge in [0.05, 0.1) is 6.33 Å². The lowest BCUT2D eigenvalue weighted by Gasteiger charge is -2.10. The fraction of sp³-hybridized carbons (Fsp3) is 0.700. The number of nitrogens with zero attached hydrogens (tertiary/aromatic N) is 2. The second-order valence-electron chi connectivity index (χ2n) is 3.98. The molecule has 0 fully saturated rings. The Bertz CT molecular complexity index is 444. The van der Waals surface area contributed by atoms with E-state index in [1.54, 1.807) is 4.57 Å². The molecule has 0 aliphatic rings. The SMILES string of the molecule is CCn1cnc(S(=O)(=O)NCC(C)CCCl)c1. The van der Waals surface area contributed by atoms with Crippen LogP contribution in [0.3, 0.4) is 0 Å². The number of aromatic nitrogens is 2. The van der Waals surface area contributed by atoms with Crippen LogP contribution in [0.4, 0.5) is 0 Å². The second kappa shape index (κ2) is 6.37. The van der Waals surface area contributed by atoms with E-state index >= 15 is 0 Å². The lowest BCUT2D eigenvalue weighted by Crippen LogP contribution is -2.28. The minimum atomic E-state index is -3.49. The summed E-state index contributed by atoms with van der Waals surface area (Å²) < 4.78 is 28.0. The van der Waals surface area contributed by atoms with Gasteiger partial charge in [-0.25, -0.2) is 18.1 Å². The van der Waals surface area contributed by atoms with Crippen molar-refractivity contribution in [2.24, 2.45) is 5.92 Å². The first kappa shape index (κ1) is 14.5. The first-order chi connectivity index (χ1) is 7.99. The molecule has 1 atom stereocenters. The number of rotatable bonds is 7. The van der Waals surface area contributed by atoms with Crippen LogP contribution in [-0.4, -0.2) is 30.4 Å². The van der Waals surface area contributed by atoms with Gasteiger partial charge in [-0.3, -0.25) is 0 Å². The van der Waals surface area contributed by atoms with Crippen LogP contribution in [0.2, 0.25) is 0 Å². The summed E-state index contributed by atoms with van der Waals surface area (Å²) >= 11 is 5.59. The molecular formula is C10H18ClN3O2S. The number of nitrogens with one attached hydrogen (secondary N) is 1. The summed E-state index contributed by atoms with van der Waals surface area (Å²) in [4.78, 5) is 3.87. The largest absolute Gasteiger partial charge is 0.336 e. The molecule has 0 aliphatic heterocycles. The minimum Gasteiger partial charge on any atom is -0.336 e. The Kier molecular flexibility index (Phi) is 5.42. The van der Waals surface area contributed by atoms with E-state index < -0.39 is 10.0 Å². The van der Waals surface area contributed by atoms with Gasteiger partial charge >= 0.3 is 0 Å². The van der Waals surface area contributed by atoms with E-state index in [-0.39, 0.29) is 10.9 Å². The van der Waals surface area contributed by atoms with E-state index in [0.717, 1.165) is 6.42 Å². The van der Waals surface area contributed by atoms with E-state index in [2.05, 4.69) is 9.71 Å². The fourth-order valence-electron chi connectivity index (χ4n) is 1.27. The van der Waals surface area contributed by atoms with Crippen LogP contribution in [0.15, 0.2) is 17.6 Å². The molecule has 0 bridgehead atoms. The smallest absolute Gasteiger partial charge is 0.259 e. The van der Waals surface area contributed by atoms with Gasteiger partial charge in [-0.05, 0) is 19.3 Å². The van der Waals surface area contributed by atoms with Gasteiger partial charge in [-0.1, -0.05) is 6.92 Å². The first-order valence-electron chi connectivity index (χ1n) is 5.57. The average molecular weight is 280 g/mol. The number of imidazole rings is 1. The van der Waals surface area contributed by atoms with Crippen molar-refractivity contribution in [1.82, 2.24) is 14.3 Å². The highest BCUT2D eigenvalue weighted by Crippen LogP contribution is 2.07. The molecule has 7 heteroatoms. The average Bonchev–Trinajstić information content (AvgIpc) is 2.76. The van der Waals surface area contributed by atoms with Gasteiger partial charge in [-0.2, -0.15) is 0 Å². The van der Waals surface area contributed by atoms with E-state index in [9.17, 15) is 8.42 Å². The van der Waals surface area contributed by atoms with E-state index in [1.807, 2.05) is 13.8 Å². The quantitative estimate of drug-likeness (QED) is 0.769. The number of aryl methyl sites for hydroxylation is 1. The normalized spacial score (nSPS) is 13.8. The molecule has 1 unspecified atom stereocenters. The van der Waals surface area contributed by atoms with E-state index in [1.165, 1.54) is 12.5 Å².